The fourth-order valence-electron chi connectivity index (χ4n) is 1.40. The summed E-state index contributed by atoms with van der Waals surface area (Å²) in [6.07, 6.45) is 0. The van der Waals surface area contributed by atoms with Gasteiger partial charge in [0.05, 0.1) is 5.71 Å². The molecule has 2 amide bonds. The van der Waals surface area contributed by atoms with Crippen molar-refractivity contribution >= 4 is 30.2 Å². The number of hydrazone groups is 1. The van der Waals surface area contributed by atoms with E-state index in [0.717, 1.165) is 5.01 Å². The molecule has 0 radical (unpaired) electrons. The third-order valence-corrected chi connectivity index (χ3v) is 2.90. The zero-order valence-corrected chi connectivity index (χ0v) is 11.5. The third-order valence-electron chi connectivity index (χ3n) is 2.31. The zero-order chi connectivity index (χ0) is 13.7. The lowest BCUT2D eigenvalue weighted by atomic mass is 10.2. The van der Waals surface area contributed by atoms with E-state index in [9.17, 15) is 9.59 Å². The molecule has 2 rings (SSSR count). The summed E-state index contributed by atoms with van der Waals surface area (Å²) < 4.78 is 0. The van der Waals surface area contributed by atoms with Gasteiger partial charge >= 0.3 is 0 Å². The predicted molar refractivity (Wildman–Crippen MR) is 74.8 cm³/mol. The molecular weight excluding hydrogens is 248 g/mol. The molecule has 96 valence electrons. The second kappa shape index (κ2) is 6.35. The quantitative estimate of drug-likeness (QED) is 0.625. The highest BCUT2D eigenvalue weighted by Gasteiger charge is 2.35. The largest absolute Gasteiger partial charge is 0.281 e. The van der Waals surface area contributed by atoms with Crippen LogP contribution in [0.2, 0.25) is 0 Å². The van der Waals surface area contributed by atoms with Gasteiger partial charge in [-0.05, 0) is 19.1 Å². The van der Waals surface area contributed by atoms with Crippen LogP contribution in [0.5, 0.6) is 0 Å². The molecule has 0 aliphatic carbocycles. The Bertz CT molecular complexity index is 471. The van der Waals surface area contributed by atoms with Gasteiger partial charge in [0.2, 0.25) is 0 Å². The maximum Gasteiger partial charge on any atom is 0.281 e. The highest BCUT2D eigenvalue weighted by Crippen LogP contribution is 2.17. The Balaban J connectivity index is 0.000000771. The Morgan fingerprint density at radius 3 is 2.28 bits per heavy atom. The molecule has 1 unspecified atom stereocenters. The molecule has 0 spiro atoms. The molecule has 1 aromatic carbocycles. The van der Waals surface area contributed by atoms with E-state index < -0.39 is 17.1 Å². The number of hydrogen-bond donors (Lipinski definition) is 1. The predicted octanol–water partition coefficient (Wildman–Crippen LogP) is 2.37. The van der Waals surface area contributed by atoms with Gasteiger partial charge in [0, 0.05) is 5.56 Å². The molecule has 1 aliphatic heterocycles. The minimum atomic E-state index is -0.604. The Hall–Kier alpha value is -1.62. The van der Waals surface area contributed by atoms with Crippen LogP contribution in [0.4, 0.5) is 0 Å². The first-order valence-corrected chi connectivity index (χ1v) is 6.29. The normalized spacial score (nSPS) is 18.0. The summed E-state index contributed by atoms with van der Waals surface area (Å²) >= 11 is 4.07. The molecule has 0 fully saturated rings. The van der Waals surface area contributed by atoms with Crippen molar-refractivity contribution in [3.63, 3.8) is 0 Å². The van der Waals surface area contributed by atoms with E-state index in [-0.39, 0.29) is 0 Å². The Kier molecular flexibility index (Phi) is 5.09. The third kappa shape index (κ3) is 2.79. The van der Waals surface area contributed by atoms with E-state index in [1.165, 1.54) is 0 Å². The van der Waals surface area contributed by atoms with Crippen molar-refractivity contribution in [1.29, 1.82) is 0 Å². The smallest absolute Gasteiger partial charge is 0.271 e. The molecule has 1 aliphatic rings. The number of carbonyl (C=O) groups is 2. The summed E-state index contributed by atoms with van der Waals surface area (Å²) in [5.41, 5.74) is 0.979. The number of carbonyl (C=O) groups excluding carboxylic acids is 2. The first-order valence-electron chi connectivity index (χ1n) is 5.78. The molecule has 0 aromatic heterocycles. The van der Waals surface area contributed by atoms with E-state index in [4.69, 9.17) is 0 Å². The van der Waals surface area contributed by atoms with Crippen LogP contribution in [0.1, 0.15) is 31.1 Å². The molecule has 1 atom stereocenters. The van der Waals surface area contributed by atoms with E-state index in [2.05, 4.69) is 17.7 Å². The van der Waals surface area contributed by atoms with Crippen LogP contribution in [-0.4, -0.2) is 27.8 Å². The molecule has 1 heterocycles. The highest BCUT2D eigenvalue weighted by molar-refractivity contribution is 7.82. The van der Waals surface area contributed by atoms with Gasteiger partial charge in [0.25, 0.3) is 11.8 Å². The average molecular weight is 264 g/mol. The topological polar surface area (TPSA) is 49.7 Å². The molecule has 0 saturated carbocycles. The van der Waals surface area contributed by atoms with Crippen molar-refractivity contribution in [2.24, 2.45) is 5.10 Å². The number of benzene rings is 1. The summed E-state index contributed by atoms with van der Waals surface area (Å²) in [4.78, 5) is 23.6. The summed E-state index contributed by atoms with van der Waals surface area (Å²) in [7, 11) is 0. The Morgan fingerprint density at radius 2 is 1.83 bits per heavy atom. The maximum atomic E-state index is 11.9. The van der Waals surface area contributed by atoms with Crippen molar-refractivity contribution in [2.45, 2.75) is 26.0 Å². The van der Waals surface area contributed by atoms with Crippen LogP contribution in [-0.2, 0) is 4.79 Å². The summed E-state index contributed by atoms with van der Waals surface area (Å²) in [5, 5.41) is 4.17. The molecular formula is C13H16N2O2S. The number of amides is 2. The van der Waals surface area contributed by atoms with Gasteiger partial charge in [0.1, 0.15) is 5.25 Å². The molecule has 1 aromatic rings. The van der Waals surface area contributed by atoms with Crippen molar-refractivity contribution in [2.75, 3.05) is 0 Å². The van der Waals surface area contributed by atoms with E-state index in [0.29, 0.717) is 11.3 Å². The lowest BCUT2D eigenvalue weighted by molar-refractivity contribution is -0.125. The molecule has 4 nitrogen and oxygen atoms in total. The standard InChI is InChI=1S/C11H10N2O2S.C2H6/c1-7-9(16)11(15)13(12-7)10(14)8-5-3-2-4-6-8;1-2/h2-6,9,16H,1H3;1-2H3. The second-order valence-corrected chi connectivity index (χ2v) is 3.98. The van der Waals surface area contributed by atoms with Gasteiger partial charge in [-0.1, -0.05) is 32.0 Å². The number of rotatable bonds is 1. The Morgan fingerprint density at radius 1 is 1.28 bits per heavy atom. The monoisotopic (exact) mass is 264 g/mol. The van der Waals surface area contributed by atoms with Gasteiger partial charge in [-0.25, -0.2) is 0 Å². The van der Waals surface area contributed by atoms with Gasteiger partial charge in [0.15, 0.2) is 0 Å². The second-order valence-electron chi connectivity index (χ2n) is 3.47. The van der Waals surface area contributed by atoms with Crippen LogP contribution in [0.3, 0.4) is 0 Å². The maximum absolute atomic E-state index is 11.9. The van der Waals surface area contributed by atoms with Crippen LogP contribution in [0.25, 0.3) is 0 Å². The minimum absolute atomic E-state index is 0.394. The van der Waals surface area contributed by atoms with Crippen LogP contribution >= 0.6 is 12.6 Å². The van der Waals surface area contributed by atoms with Gasteiger partial charge < -0.3 is 0 Å². The number of thiol groups is 1. The van der Waals surface area contributed by atoms with Crippen LogP contribution in [0.15, 0.2) is 35.4 Å². The molecule has 0 N–H and O–H groups in total. The lowest BCUT2D eigenvalue weighted by Gasteiger charge is -2.10. The number of imide groups is 1. The van der Waals surface area contributed by atoms with Crippen molar-refractivity contribution in [3.8, 4) is 0 Å². The first-order chi connectivity index (χ1) is 8.61. The Labute approximate surface area is 112 Å². The molecule has 5 heteroatoms. The number of nitrogens with zero attached hydrogens (tertiary/aromatic N) is 2. The van der Waals surface area contributed by atoms with Crippen molar-refractivity contribution in [1.82, 2.24) is 5.01 Å². The molecule has 0 saturated heterocycles. The fraction of sp³-hybridized carbons (Fsp3) is 0.308. The van der Waals surface area contributed by atoms with Gasteiger partial charge in [-0.15, -0.1) is 0 Å². The van der Waals surface area contributed by atoms with Crippen molar-refractivity contribution < 1.29 is 9.59 Å². The minimum Gasteiger partial charge on any atom is -0.271 e. The summed E-state index contributed by atoms with van der Waals surface area (Å²) in [5.74, 6) is -0.809. The van der Waals surface area contributed by atoms with E-state index in [1.54, 1.807) is 37.3 Å². The summed E-state index contributed by atoms with van der Waals surface area (Å²) in [6.45, 7) is 5.67. The molecule has 0 bridgehead atoms. The first kappa shape index (κ1) is 14.4. The van der Waals surface area contributed by atoms with E-state index in [1.807, 2.05) is 13.8 Å². The molecule has 18 heavy (non-hydrogen) atoms. The highest BCUT2D eigenvalue weighted by atomic mass is 32.1. The fourth-order valence-corrected chi connectivity index (χ4v) is 1.57. The van der Waals surface area contributed by atoms with Gasteiger partial charge in [-0.2, -0.15) is 22.7 Å². The zero-order valence-electron chi connectivity index (χ0n) is 10.6. The summed E-state index contributed by atoms with van der Waals surface area (Å²) in [6, 6.07) is 8.57. The lowest BCUT2D eigenvalue weighted by Crippen LogP contribution is -2.32. The van der Waals surface area contributed by atoms with Crippen molar-refractivity contribution in [3.05, 3.63) is 35.9 Å². The van der Waals surface area contributed by atoms with E-state index >= 15 is 0 Å². The van der Waals surface area contributed by atoms with Crippen LogP contribution < -0.4 is 0 Å². The average Bonchev–Trinajstić information content (AvgIpc) is 2.69. The van der Waals surface area contributed by atoms with Crippen LogP contribution in [0, 0.1) is 0 Å². The van der Waals surface area contributed by atoms with Gasteiger partial charge in [-0.3, -0.25) is 9.59 Å². The number of hydrogen-bond acceptors (Lipinski definition) is 4. The SMILES string of the molecule is CC.CC1=NN(C(=O)c2ccccc2)C(=O)C1S.